The van der Waals surface area contributed by atoms with Crippen molar-refractivity contribution in [2.45, 2.75) is 20.8 Å². The summed E-state index contributed by atoms with van der Waals surface area (Å²) in [6, 6.07) is 23.4. The fraction of sp³-hybridized carbons (Fsp3) is 0.111. The van der Waals surface area contributed by atoms with Crippen LogP contribution in [0, 0.1) is 20.8 Å². The van der Waals surface area contributed by atoms with Gasteiger partial charge < -0.3 is 25.0 Å². The number of aryl methyl sites for hydroxylation is 3. The van der Waals surface area contributed by atoms with Crippen molar-refractivity contribution in [3.63, 3.8) is 0 Å². The molecule has 162 valence electrons. The van der Waals surface area contributed by atoms with E-state index in [2.05, 4.69) is 0 Å². The summed E-state index contributed by atoms with van der Waals surface area (Å²) in [5, 5.41) is 31.8. The Balaban J connectivity index is 1.85. The molecule has 4 rings (SSSR count). The highest BCUT2D eigenvalue weighted by atomic mass is 16.5. The highest BCUT2D eigenvalue weighted by Crippen LogP contribution is 2.46. The Morgan fingerprint density at radius 3 is 1.88 bits per heavy atom. The number of hydrogen-bond acceptors (Lipinski definition) is 5. The van der Waals surface area contributed by atoms with Crippen LogP contribution in [0.5, 0.6) is 28.7 Å². The molecular formula is C27H25NO4. The van der Waals surface area contributed by atoms with Gasteiger partial charge in [-0.3, -0.25) is 0 Å². The lowest BCUT2D eigenvalue weighted by atomic mass is 10.1. The molecule has 3 N–H and O–H groups in total. The first-order valence-corrected chi connectivity index (χ1v) is 10.3. The molecule has 0 aromatic heterocycles. The molecule has 0 saturated heterocycles. The van der Waals surface area contributed by atoms with Crippen LogP contribution < -0.4 is 9.64 Å². The van der Waals surface area contributed by atoms with Gasteiger partial charge in [0.1, 0.15) is 17.2 Å². The van der Waals surface area contributed by atoms with Crippen LogP contribution in [0.2, 0.25) is 0 Å². The Labute approximate surface area is 187 Å². The second-order valence-corrected chi connectivity index (χ2v) is 7.79. The van der Waals surface area contributed by atoms with E-state index < -0.39 is 0 Å². The van der Waals surface area contributed by atoms with Gasteiger partial charge in [0.2, 0.25) is 0 Å². The quantitative estimate of drug-likeness (QED) is 0.320. The first kappa shape index (κ1) is 21.1. The van der Waals surface area contributed by atoms with E-state index in [-0.39, 0.29) is 17.2 Å². The van der Waals surface area contributed by atoms with E-state index in [0.717, 1.165) is 16.7 Å². The molecule has 5 nitrogen and oxygen atoms in total. The molecule has 0 fully saturated rings. The average molecular weight is 428 g/mol. The second kappa shape index (κ2) is 8.55. The minimum absolute atomic E-state index is 0.0468. The van der Waals surface area contributed by atoms with E-state index in [4.69, 9.17) is 4.74 Å². The maximum absolute atomic E-state index is 10.8. The minimum Gasteiger partial charge on any atom is -0.505 e. The van der Waals surface area contributed by atoms with Crippen LogP contribution in [0.3, 0.4) is 0 Å². The molecule has 0 radical (unpaired) electrons. The lowest BCUT2D eigenvalue weighted by Crippen LogP contribution is -2.11. The molecule has 4 aromatic carbocycles. The third kappa shape index (κ3) is 4.05. The Morgan fingerprint density at radius 1 is 0.656 bits per heavy atom. The summed E-state index contributed by atoms with van der Waals surface area (Å²) in [5.41, 5.74) is 4.14. The molecule has 0 aliphatic rings. The third-order valence-corrected chi connectivity index (χ3v) is 5.33. The fourth-order valence-corrected chi connectivity index (χ4v) is 3.57. The number of rotatable bonds is 5. The topological polar surface area (TPSA) is 73.2 Å². The number of phenolic OH excluding ortho intramolecular Hbond substituents is 3. The Morgan fingerprint density at radius 2 is 1.25 bits per heavy atom. The summed E-state index contributed by atoms with van der Waals surface area (Å²) in [6.07, 6.45) is 0. The van der Waals surface area contributed by atoms with Crippen LogP contribution >= 0.6 is 0 Å². The van der Waals surface area contributed by atoms with Crippen molar-refractivity contribution in [2.75, 3.05) is 4.90 Å². The van der Waals surface area contributed by atoms with Crippen molar-refractivity contribution in [3.05, 3.63) is 95.6 Å². The van der Waals surface area contributed by atoms with E-state index in [1.54, 1.807) is 47.4 Å². The molecule has 0 saturated carbocycles. The Hall–Kier alpha value is -4.12. The van der Waals surface area contributed by atoms with Crippen LogP contribution in [0.15, 0.2) is 78.9 Å². The number of hydrogen-bond donors (Lipinski definition) is 3. The Bertz CT molecular complexity index is 1230. The number of nitrogens with zero attached hydrogens (tertiary/aromatic N) is 1. The zero-order chi connectivity index (χ0) is 22.8. The van der Waals surface area contributed by atoms with E-state index in [1.165, 1.54) is 0 Å². The van der Waals surface area contributed by atoms with E-state index in [0.29, 0.717) is 28.6 Å². The monoisotopic (exact) mass is 427 g/mol. The molecule has 0 aliphatic carbocycles. The van der Waals surface area contributed by atoms with Gasteiger partial charge in [0.05, 0.1) is 17.1 Å². The minimum atomic E-state index is 0.0468. The van der Waals surface area contributed by atoms with E-state index in [1.807, 2.05) is 57.2 Å². The number of anilines is 3. The molecule has 0 spiro atoms. The van der Waals surface area contributed by atoms with Crippen molar-refractivity contribution >= 4 is 17.1 Å². The molecule has 0 amide bonds. The zero-order valence-electron chi connectivity index (χ0n) is 18.2. The highest BCUT2D eigenvalue weighted by Gasteiger charge is 2.21. The smallest absolute Gasteiger partial charge is 0.169 e. The van der Waals surface area contributed by atoms with Gasteiger partial charge >= 0.3 is 0 Å². The van der Waals surface area contributed by atoms with Crippen molar-refractivity contribution in [1.29, 1.82) is 0 Å². The van der Waals surface area contributed by atoms with Crippen molar-refractivity contribution < 1.29 is 20.1 Å². The van der Waals surface area contributed by atoms with Crippen molar-refractivity contribution in [3.8, 4) is 28.7 Å². The summed E-state index contributed by atoms with van der Waals surface area (Å²) < 4.78 is 5.96. The lowest BCUT2D eigenvalue weighted by molar-refractivity contribution is 0.411. The molecule has 0 aliphatic heterocycles. The SMILES string of the molecule is Cc1ccc(O)c(Oc2cccc(N(c3cccc(C)c3O)c3cccc(C)c3O)c2)c1. The third-order valence-electron chi connectivity index (χ3n) is 5.33. The van der Waals surface area contributed by atoms with Crippen LogP contribution in [0.25, 0.3) is 0 Å². The molecule has 5 heteroatoms. The fourth-order valence-electron chi connectivity index (χ4n) is 3.57. The standard InChI is InChI=1S/C27H25NO4/c1-17-13-14-24(29)25(15-17)32-21-10-6-9-20(16-21)28(22-11-4-7-18(2)26(22)30)23-12-5-8-19(3)27(23)31/h4-16,29-31H,1-3H3. The van der Waals surface area contributed by atoms with Crippen LogP contribution in [0.4, 0.5) is 17.1 Å². The van der Waals surface area contributed by atoms with E-state index >= 15 is 0 Å². The van der Waals surface area contributed by atoms with Gasteiger partial charge in [-0.2, -0.15) is 0 Å². The lowest BCUT2D eigenvalue weighted by Gasteiger charge is -2.28. The zero-order valence-corrected chi connectivity index (χ0v) is 18.2. The van der Waals surface area contributed by atoms with Gasteiger partial charge in [-0.1, -0.05) is 36.4 Å². The van der Waals surface area contributed by atoms with E-state index in [9.17, 15) is 15.3 Å². The van der Waals surface area contributed by atoms with Crippen molar-refractivity contribution in [1.82, 2.24) is 0 Å². The molecule has 0 atom stereocenters. The second-order valence-electron chi connectivity index (χ2n) is 7.79. The first-order valence-electron chi connectivity index (χ1n) is 10.3. The summed E-state index contributed by atoms with van der Waals surface area (Å²) >= 11 is 0. The van der Waals surface area contributed by atoms with Crippen molar-refractivity contribution in [2.24, 2.45) is 0 Å². The molecule has 0 heterocycles. The predicted molar refractivity (Wildman–Crippen MR) is 127 cm³/mol. The number of aromatic hydroxyl groups is 3. The summed E-state index contributed by atoms with van der Waals surface area (Å²) in [4.78, 5) is 1.79. The van der Waals surface area contributed by atoms with Crippen LogP contribution in [0.1, 0.15) is 16.7 Å². The molecule has 0 unspecified atom stereocenters. The van der Waals surface area contributed by atoms with Gasteiger partial charge in [0.25, 0.3) is 0 Å². The number of phenols is 3. The van der Waals surface area contributed by atoms with Gasteiger partial charge in [-0.25, -0.2) is 0 Å². The number of para-hydroxylation sites is 2. The molecule has 0 bridgehead atoms. The number of benzene rings is 4. The molecule has 32 heavy (non-hydrogen) atoms. The number of ether oxygens (including phenoxy) is 1. The van der Waals surface area contributed by atoms with Crippen LogP contribution in [-0.2, 0) is 0 Å². The summed E-state index contributed by atoms with van der Waals surface area (Å²) in [7, 11) is 0. The maximum atomic E-state index is 10.8. The van der Waals surface area contributed by atoms with Gasteiger partial charge in [-0.15, -0.1) is 0 Å². The Kier molecular flexibility index (Phi) is 5.65. The summed E-state index contributed by atoms with van der Waals surface area (Å²) in [6.45, 7) is 5.58. The van der Waals surface area contributed by atoms with Gasteiger partial charge in [0.15, 0.2) is 11.5 Å². The predicted octanol–water partition coefficient (Wildman–Crippen LogP) is 6.99. The maximum Gasteiger partial charge on any atom is 0.169 e. The normalized spacial score (nSPS) is 10.7. The van der Waals surface area contributed by atoms with Crippen LogP contribution in [-0.4, -0.2) is 15.3 Å². The average Bonchev–Trinajstić information content (AvgIpc) is 2.77. The first-order chi connectivity index (χ1) is 15.3. The summed E-state index contributed by atoms with van der Waals surface area (Å²) in [5.74, 6) is 1.15. The highest BCUT2D eigenvalue weighted by molar-refractivity contribution is 5.84. The molecule has 4 aromatic rings. The molecular weight excluding hydrogens is 402 g/mol. The van der Waals surface area contributed by atoms with Gasteiger partial charge in [0, 0.05) is 6.07 Å². The van der Waals surface area contributed by atoms with Gasteiger partial charge in [-0.05, 0) is 73.9 Å². The largest absolute Gasteiger partial charge is 0.505 e.